The molecule has 1 aromatic rings. The summed E-state index contributed by atoms with van der Waals surface area (Å²) in [5.41, 5.74) is 8.91. The molecule has 0 radical (unpaired) electrons. The summed E-state index contributed by atoms with van der Waals surface area (Å²) in [5.74, 6) is 0.676. The zero-order valence-corrected chi connectivity index (χ0v) is 9.79. The normalized spacial score (nSPS) is 16.7. The number of anilines is 1. The first kappa shape index (κ1) is 11.3. The summed E-state index contributed by atoms with van der Waals surface area (Å²) in [7, 11) is 0. The van der Waals surface area contributed by atoms with Gasteiger partial charge in [0.25, 0.3) is 0 Å². The highest BCUT2D eigenvalue weighted by molar-refractivity contribution is 5.35. The van der Waals surface area contributed by atoms with Gasteiger partial charge in [0.15, 0.2) is 0 Å². The van der Waals surface area contributed by atoms with Crippen LogP contribution in [0.3, 0.4) is 0 Å². The molecule has 5 nitrogen and oxygen atoms in total. The Labute approximate surface area is 95.4 Å². The molecule has 0 saturated heterocycles. The third-order valence-electron chi connectivity index (χ3n) is 2.61. The van der Waals surface area contributed by atoms with E-state index in [1.54, 1.807) is 0 Å². The Bertz CT molecular complexity index is 378. The van der Waals surface area contributed by atoms with Gasteiger partial charge in [-0.05, 0) is 13.8 Å². The molecular formula is C11H18N4O. The number of aryl methyl sites for hydroxylation is 1. The van der Waals surface area contributed by atoms with E-state index < -0.39 is 0 Å². The van der Waals surface area contributed by atoms with Gasteiger partial charge < -0.3 is 15.8 Å². The molecule has 0 bridgehead atoms. The number of nitrogens with one attached hydrogen (secondary N) is 1. The fraction of sp³-hybridized carbons (Fsp3) is 0.636. The van der Waals surface area contributed by atoms with Crippen molar-refractivity contribution in [3.8, 4) is 0 Å². The monoisotopic (exact) mass is 222 g/mol. The lowest BCUT2D eigenvalue weighted by atomic mass is 10.1. The maximum absolute atomic E-state index is 5.68. The van der Waals surface area contributed by atoms with E-state index in [0.29, 0.717) is 19.1 Å². The van der Waals surface area contributed by atoms with E-state index in [-0.39, 0.29) is 6.04 Å². The van der Waals surface area contributed by atoms with E-state index in [2.05, 4.69) is 15.3 Å². The molecule has 0 amide bonds. The second-order valence-electron chi connectivity index (χ2n) is 4.22. The van der Waals surface area contributed by atoms with Gasteiger partial charge in [-0.2, -0.15) is 0 Å². The first-order valence-corrected chi connectivity index (χ1v) is 5.60. The van der Waals surface area contributed by atoms with Crippen LogP contribution in [0.1, 0.15) is 23.9 Å². The molecule has 1 atom stereocenters. The van der Waals surface area contributed by atoms with E-state index in [1.807, 2.05) is 13.8 Å². The van der Waals surface area contributed by atoms with Crippen molar-refractivity contribution in [2.24, 2.45) is 5.73 Å². The van der Waals surface area contributed by atoms with Crippen molar-refractivity contribution in [3.05, 3.63) is 17.0 Å². The molecule has 1 aliphatic rings. The number of nitrogens with zero attached hydrogens (tertiary/aromatic N) is 2. The van der Waals surface area contributed by atoms with Gasteiger partial charge in [-0.15, -0.1) is 0 Å². The largest absolute Gasteiger partial charge is 0.376 e. The molecule has 0 fully saturated rings. The smallest absolute Gasteiger partial charge is 0.223 e. The number of rotatable bonds is 3. The Morgan fingerprint density at radius 1 is 1.50 bits per heavy atom. The van der Waals surface area contributed by atoms with Gasteiger partial charge in [-0.1, -0.05) is 0 Å². The first-order valence-electron chi connectivity index (χ1n) is 5.60. The second-order valence-corrected chi connectivity index (χ2v) is 4.22. The van der Waals surface area contributed by atoms with E-state index in [0.717, 1.165) is 30.0 Å². The van der Waals surface area contributed by atoms with Crippen LogP contribution in [0, 0.1) is 6.92 Å². The standard InChI is InChI=1S/C11H18N4O/c1-7(12)5-13-11-14-8(2)9-6-16-4-3-10(9)15-11/h7H,3-6,12H2,1-2H3,(H,13,14,15). The van der Waals surface area contributed by atoms with Gasteiger partial charge in [0.2, 0.25) is 5.95 Å². The minimum atomic E-state index is 0.100. The number of fused-ring (bicyclic) bond motifs is 1. The topological polar surface area (TPSA) is 73.1 Å². The maximum atomic E-state index is 5.68. The Hall–Kier alpha value is -1.20. The number of hydrogen-bond acceptors (Lipinski definition) is 5. The molecule has 2 rings (SSSR count). The fourth-order valence-corrected chi connectivity index (χ4v) is 1.72. The lowest BCUT2D eigenvalue weighted by Crippen LogP contribution is -2.26. The van der Waals surface area contributed by atoms with Crippen molar-refractivity contribution >= 4 is 5.95 Å². The molecule has 1 aliphatic heterocycles. The average molecular weight is 222 g/mol. The average Bonchev–Trinajstić information content (AvgIpc) is 2.26. The zero-order valence-electron chi connectivity index (χ0n) is 9.79. The summed E-state index contributed by atoms with van der Waals surface area (Å²) in [5, 5.41) is 3.15. The van der Waals surface area contributed by atoms with Gasteiger partial charge in [-0.3, -0.25) is 0 Å². The predicted octanol–water partition coefficient (Wildman–Crippen LogP) is 0.617. The molecule has 0 saturated carbocycles. The van der Waals surface area contributed by atoms with E-state index in [9.17, 15) is 0 Å². The van der Waals surface area contributed by atoms with Crippen molar-refractivity contribution in [1.29, 1.82) is 0 Å². The number of ether oxygens (including phenoxy) is 1. The SMILES string of the molecule is Cc1nc(NCC(C)N)nc2c1COCC2. The van der Waals surface area contributed by atoms with Gasteiger partial charge in [0.05, 0.1) is 18.9 Å². The van der Waals surface area contributed by atoms with Crippen LogP contribution in [-0.2, 0) is 17.8 Å². The lowest BCUT2D eigenvalue weighted by molar-refractivity contribution is 0.108. The van der Waals surface area contributed by atoms with E-state index in [1.165, 1.54) is 0 Å². The Morgan fingerprint density at radius 3 is 3.06 bits per heavy atom. The molecule has 3 N–H and O–H groups in total. The van der Waals surface area contributed by atoms with Crippen molar-refractivity contribution in [1.82, 2.24) is 9.97 Å². The third-order valence-corrected chi connectivity index (χ3v) is 2.61. The summed E-state index contributed by atoms with van der Waals surface area (Å²) in [6.45, 7) is 6.01. The van der Waals surface area contributed by atoms with Gasteiger partial charge >= 0.3 is 0 Å². The molecule has 0 aliphatic carbocycles. The van der Waals surface area contributed by atoms with E-state index in [4.69, 9.17) is 10.5 Å². The molecule has 0 aromatic carbocycles. The fourth-order valence-electron chi connectivity index (χ4n) is 1.72. The highest BCUT2D eigenvalue weighted by atomic mass is 16.5. The molecule has 2 heterocycles. The molecule has 0 spiro atoms. The van der Waals surface area contributed by atoms with Crippen LogP contribution in [0.4, 0.5) is 5.95 Å². The van der Waals surface area contributed by atoms with Crippen LogP contribution >= 0.6 is 0 Å². The van der Waals surface area contributed by atoms with Gasteiger partial charge in [0.1, 0.15) is 0 Å². The highest BCUT2D eigenvalue weighted by Gasteiger charge is 2.15. The Morgan fingerprint density at radius 2 is 2.31 bits per heavy atom. The van der Waals surface area contributed by atoms with Crippen molar-refractivity contribution < 1.29 is 4.74 Å². The molecule has 5 heteroatoms. The van der Waals surface area contributed by atoms with Crippen molar-refractivity contribution in [2.75, 3.05) is 18.5 Å². The third kappa shape index (κ3) is 2.48. The van der Waals surface area contributed by atoms with Crippen LogP contribution in [0.2, 0.25) is 0 Å². The Kier molecular flexibility index (Phi) is 3.36. The summed E-state index contributed by atoms with van der Waals surface area (Å²) in [6.07, 6.45) is 0.867. The zero-order chi connectivity index (χ0) is 11.5. The van der Waals surface area contributed by atoms with Gasteiger partial charge in [-0.25, -0.2) is 9.97 Å². The molecular weight excluding hydrogens is 204 g/mol. The summed E-state index contributed by atoms with van der Waals surface area (Å²) < 4.78 is 5.39. The molecule has 16 heavy (non-hydrogen) atoms. The highest BCUT2D eigenvalue weighted by Crippen LogP contribution is 2.18. The van der Waals surface area contributed by atoms with Crippen LogP contribution in [-0.4, -0.2) is 29.2 Å². The summed E-state index contributed by atoms with van der Waals surface area (Å²) >= 11 is 0. The van der Waals surface area contributed by atoms with Crippen LogP contribution in [0.5, 0.6) is 0 Å². The van der Waals surface area contributed by atoms with E-state index >= 15 is 0 Å². The quantitative estimate of drug-likeness (QED) is 0.784. The number of nitrogens with two attached hydrogens (primary N) is 1. The molecule has 1 unspecified atom stereocenters. The lowest BCUT2D eigenvalue weighted by Gasteiger charge is -2.18. The number of hydrogen-bond donors (Lipinski definition) is 2. The van der Waals surface area contributed by atoms with Crippen LogP contribution in [0.25, 0.3) is 0 Å². The predicted molar refractivity (Wildman–Crippen MR) is 62.3 cm³/mol. The van der Waals surface area contributed by atoms with Crippen LogP contribution in [0.15, 0.2) is 0 Å². The number of aromatic nitrogens is 2. The maximum Gasteiger partial charge on any atom is 0.223 e. The first-order chi connectivity index (χ1) is 7.66. The van der Waals surface area contributed by atoms with Crippen LogP contribution < -0.4 is 11.1 Å². The summed E-state index contributed by atoms with van der Waals surface area (Å²) in [4.78, 5) is 8.89. The summed E-state index contributed by atoms with van der Waals surface area (Å²) in [6, 6.07) is 0.100. The van der Waals surface area contributed by atoms with Crippen molar-refractivity contribution in [2.45, 2.75) is 32.9 Å². The Balaban J connectivity index is 2.18. The molecule has 1 aromatic heterocycles. The minimum absolute atomic E-state index is 0.100. The second kappa shape index (κ2) is 4.76. The minimum Gasteiger partial charge on any atom is -0.376 e. The van der Waals surface area contributed by atoms with Gasteiger partial charge in [0, 0.05) is 30.3 Å². The van der Waals surface area contributed by atoms with Crippen molar-refractivity contribution in [3.63, 3.8) is 0 Å². The molecule has 88 valence electrons.